The summed E-state index contributed by atoms with van der Waals surface area (Å²) < 4.78 is 1.87. The van der Waals surface area contributed by atoms with Gasteiger partial charge in [-0.2, -0.15) is 0 Å². The third kappa shape index (κ3) is 3.18. The highest BCUT2D eigenvalue weighted by atomic mass is 79.9. The molecule has 1 aliphatic heterocycles. The molecule has 1 saturated heterocycles. The van der Waals surface area contributed by atoms with E-state index in [1.165, 1.54) is 0 Å². The first-order chi connectivity index (χ1) is 14.5. The summed E-state index contributed by atoms with van der Waals surface area (Å²) in [6.45, 7) is 0. The second-order valence-corrected chi connectivity index (χ2v) is 9.65. The molecular formula is C24H20Br2N2O2. The van der Waals surface area contributed by atoms with E-state index in [4.69, 9.17) is 0 Å². The van der Waals surface area contributed by atoms with Gasteiger partial charge in [0.15, 0.2) is 5.72 Å². The molecule has 1 heterocycles. The van der Waals surface area contributed by atoms with Crippen LogP contribution in [0.1, 0.15) is 18.4 Å². The molecule has 0 radical (unpaired) electrons. The molecule has 0 spiro atoms. The Labute approximate surface area is 192 Å². The Kier molecular flexibility index (Phi) is 4.96. The number of anilines is 2. The van der Waals surface area contributed by atoms with Gasteiger partial charge in [-0.15, -0.1) is 0 Å². The lowest BCUT2D eigenvalue weighted by Gasteiger charge is -2.37. The van der Waals surface area contributed by atoms with E-state index < -0.39 is 5.72 Å². The van der Waals surface area contributed by atoms with Crippen LogP contribution < -0.4 is 9.80 Å². The maximum Gasteiger partial charge on any atom is 0.332 e. The van der Waals surface area contributed by atoms with Crippen LogP contribution in [0.15, 0.2) is 87.8 Å². The number of urea groups is 1. The second-order valence-electron chi connectivity index (χ2n) is 7.82. The molecule has 2 aliphatic rings. The Morgan fingerprint density at radius 1 is 0.800 bits per heavy atom. The van der Waals surface area contributed by atoms with Gasteiger partial charge in [-0.25, -0.2) is 4.79 Å². The van der Waals surface area contributed by atoms with E-state index >= 15 is 0 Å². The number of benzene rings is 3. The highest BCUT2D eigenvalue weighted by Crippen LogP contribution is 2.52. The lowest BCUT2D eigenvalue weighted by Crippen LogP contribution is -2.50. The summed E-state index contributed by atoms with van der Waals surface area (Å²) in [7, 11) is 0. The average Bonchev–Trinajstić information content (AvgIpc) is 3.56. The standard InChI is InChI=1S/C24H20Br2N2O2/c25-18-8-12-20(13-9-18)27-22(16-6-7-16)24(30,17-4-2-1-3-5-17)28(23(27)29)21-14-10-19(26)11-15-21/h1-5,8-16,22,30H,6-7H2/t22-,24?/m0/s1. The normalized spacial score (nSPS) is 23.8. The van der Waals surface area contributed by atoms with Gasteiger partial charge in [-0.3, -0.25) is 9.80 Å². The Hall–Kier alpha value is -2.15. The number of carbonyl (C=O) groups excluding carboxylic acids is 1. The third-order valence-electron chi connectivity index (χ3n) is 5.89. The number of aliphatic hydroxyl groups is 1. The summed E-state index contributed by atoms with van der Waals surface area (Å²) in [6, 6.07) is 24.2. The minimum Gasteiger partial charge on any atom is -0.365 e. The lowest BCUT2D eigenvalue weighted by atomic mass is 9.90. The summed E-state index contributed by atoms with van der Waals surface area (Å²) in [5, 5.41) is 12.3. The number of amides is 2. The summed E-state index contributed by atoms with van der Waals surface area (Å²) in [4.78, 5) is 17.2. The number of rotatable bonds is 4. The SMILES string of the molecule is O=C1N(c2ccc(Br)cc2)[C@@H](C2CC2)C(O)(c2ccccc2)N1c1ccc(Br)cc1. The number of nitrogens with zero attached hydrogens (tertiary/aromatic N) is 2. The molecule has 2 amide bonds. The zero-order valence-corrected chi connectivity index (χ0v) is 19.3. The zero-order chi connectivity index (χ0) is 20.9. The maximum absolute atomic E-state index is 13.9. The van der Waals surface area contributed by atoms with Crippen LogP contribution in [0.25, 0.3) is 0 Å². The van der Waals surface area contributed by atoms with Crippen LogP contribution in [0.5, 0.6) is 0 Å². The van der Waals surface area contributed by atoms with Crippen molar-refractivity contribution in [2.24, 2.45) is 5.92 Å². The van der Waals surface area contributed by atoms with Crippen molar-refractivity contribution in [2.45, 2.75) is 24.6 Å². The van der Waals surface area contributed by atoms with Crippen molar-refractivity contribution >= 4 is 49.3 Å². The van der Waals surface area contributed by atoms with E-state index in [2.05, 4.69) is 31.9 Å². The van der Waals surface area contributed by atoms with Gasteiger partial charge in [0.2, 0.25) is 0 Å². The van der Waals surface area contributed by atoms with Crippen molar-refractivity contribution in [3.8, 4) is 0 Å². The van der Waals surface area contributed by atoms with E-state index in [0.29, 0.717) is 5.69 Å². The van der Waals surface area contributed by atoms with E-state index in [0.717, 1.165) is 33.0 Å². The fraction of sp³-hybridized carbons (Fsp3) is 0.208. The van der Waals surface area contributed by atoms with Gasteiger partial charge in [0, 0.05) is 25.9 Å². The minimum atomic E-state index is -1.47. The molecule has 3 aromatic carbocycles. The van der Waals surface area contributed by atoms with Gasteiger partial charge >= 0.3 is 6.03 Å². The van der Waals surface area contributed by atoms with Gasteiger partial charge in [0.1, 0.15) is 0 Å². The number of hydrogen-bond acceptors (Lipinski definition) is 2. The van der Waals surface area contributed by atoms with Crippen LogP contribution in [-0.4, -0.2) is 17.2 Å². The molecule has 3 aromatic rings. The van der Waals surface area contributed by atoms with Crippen molar-refractivity contribution in [3.05, 3.63) is 93.4 Å². The van der Waals surface area contributed by atoms with Crippen LogP contribution in [0, 0.1) is 5.92 Å². The molecule has 1 unspecified atom stereocenters. The highest BCUT2D eigenvalue weighted by Gasteiger charge is 2.62. The number of carbonyl (C=O) groups is 1. The molecule has 152 valence electrons. The molecule has 1 N–H and O–H groups in total. The average molecular weight is 528 g/mol. The summed E-state index contributed by atoms with van der Waals surface area (Å²) in [5.74, 6) is 0.239. The molecule has 0 aromatic heterocycles. The molecular weight excluding hydrogens is 508 g/mol. The van der Waals surface area contributed by atoms with Crippen LogP contribution in [0.3, 0.4) is 0 Å². The van der Waals surface area contributed by atoms with Gasteiger partial charge in [0.25, 0.3) is 0 Å². The first kappa shape index (κ1) is 19.8. The van der Waals surface area contributed by atoms with Crippen LogP contribution in [0.2, 0.25) is 0 Å². The molecule has 4 nitrogen and oxygen atoms in total. The Bertz CT molecular complexity index is 1070. The number of hydrogen-bond donors (Lipinski definition) is 1. The topological polar surface area (TPSA) is 43.8 Å². The predicted octanol–water partition coefficient (Wildman–Crippen LogP) is 6.28. The van der Waals surface area contributed by atoms with Gasteiger partial charge in [-0.05, 0) is 67.3 Å². The smallest absolute Gasteiger partial charge is 0.332 e. The minimum absolute atomic E-state index is 0.220. The maximum atomic E-state index is 13.9. The molecule has 1 saturated carbocycles. The number of halogens is 2. The van der Waals surface area contributed by atoms with Crippen LogP contribution in [0.4, 0.5) is 16.2 Å². The van der Waals surface area contributed by atoms with Crippen molar-refractivity contribution in [1.82, 2.24) is 0 Å². The quantitative estimate of drug-likeness (QED) is 0.433. The van der Waals surface area contributed by atoms with E-state index in [9.17, 15) is 9.90 Å². The first-order valence-corrected chi connectivity index (χ1v) is 11.5. The zero-order valence-electron chi connectivity index (χ0n) is 16.1. The first-order valence-electron chi connectivity index (χ1n) is 9.92. The van der Waals surface area contributed by atoms with E-state index in [1.807, 2.05) is 78.9 Å². The van der Waals surface area contributed by atoms with Crippen molar-refractivity contribution in [1.29, 1.82) is 0 Å². The van der Waals surface area contributed by atoms with Crippen LogP contribution >= 0.6 is 31.9 Å². The lowest BCUT2D eigenvalue weighted by molar-refractivity contribution is 0.0251. The van der Waals surface area contributed by atoms with E-state index in [-0.39, 0.29) is 18.0 Å². The Morgan fingerprint density at radius 3 is 1.87 bits per heavy atom. The monoisotopic (exact) mass is 526 g/mol. The molecule has 2 atom stereocenters. The Morgan fingerprint density at radius 2 is 1.33 bits per heavy atom. The Balaban J connectivity index is 1.72. The predicted molar refractivity (Wildman–Crippen MR) is 125 cm³/mol. The summed E-state index contributed by atoms with van der Waals surface area (Å²) >= 11 is 6.93. The molecule has 5 rings (SSSR count). The third-order valence-corrected chi connectivity index (χ3v) is 6.94. The molecule has 1 aliphatic carbocycles. The van der Waals surface area contributed by atoms with E-state index in [1.54, 1.807) is 9.80 Å². The van der Waals surface area contributed by atoms with Gasteiger partial charge < -0.3 is 5.11 Å². The summed E-state index contributed by atoms with van der Waals surface area (Å²) in [6.07, 6.45) is 1.99. The molecule has 6 heteroatoms. The van der Waals surface area contributed by atoms with Crippen molar-refractivity contribution in [2.75, 3.05) is 9.80 Å². The van der Waals surface area contributed by atoms with Crippen LogP contribution in [-0.2, 0) is 5.72 Å². The van der Waals surface area contributed by atoms with Gasteiger partial charge in [-0.1, -0.05) is 62.2 Å². The van der Waals surface area contributed by atoms with Gasteiger partial charge in [0.05, 0.1) is 6.04 Å². The summed E-state index contributed by atoms with van der Waals surface area (Å²) in [5.41, 5.74) is 0.701. The second kappa shape index (κ2) is 7.52. The fourth-order valence-corrected chi connectivity index (χ4v) is 4.92. The highest BCUT2D eigenvalue weighted by molar-refractivity contribution is 9.10. The molecule has 0 bridgehead atoms. The largest absolute Gasteiger partial charge is 0.365 e. The molecule has 2 fully saturated rings. The fourth-order valence-electron chi connectivity index (χ4n) is 4.39. The van der Waals surface area contributed by atoms with Crippen molar-refractivity contribution in [3.63, 3.8) is 0 Å². The van der Waals surface area contributed by atoms with Crippen molar-refractivity contribution < 1.29 is 9.90 Å². The molecule has 30 heavy (non-hydrogen) atoms.